The van der Waals surface area contributed by atoms with E-state index in [2.05, 4.69) is 28.9 Å². The van der Waals surface area contributed by atoms with Gasteiger partial charge in [0.2, 0.25) is 0 Å². The molecule has 104 valence electrons. The first-order valence-corrected chi connectivity index (χ1v) is 7.55. The number of hydrogen-bond donors (Lipinski definition) is 1. The SMILES string of the molecule is CN1CCCC(N(C)c2nc3sccn3c2CO)C1. The fourth-order valence-electron chi connectivity index (χ4n) is 2.88. The van der Waals surface area contributed by atoms with E-state index in [4.69, 9.17) is 0 Å². The highest BCUT2D eigenvalue weighted by molar-refractivity contribution is 7.15. The average Bonchev–Trinajstić information content (AvgIpc) is 2.97. The molecule has 5 nitrogen and oxygen atoms in total. The normalized spacial score (nSPS) is 21.1. The fourth-order valence-corrected chi connectivity index (χ4v) is 3.61. The van der Waals surface area contributed by atoms with Crippen LogP contribution in [-0.2, 0) is 6.61 Å². The zero-order valence-corrected chi connectivity index (χ0v) is 12.2. The Hall–Kier alpha value is -1.11. The highest BCUT2D eigenvalue weighted by Crippen LogP contribution is 2.27. The van der Waals surface area contributed by atoms with Gasteiger partial charge in [-0.15, -0.1) is 11.3 Å². The van der Waals surface area contributed by atoms with Crippen LogP contribution < -0.4 is 4.90 Å². The largest absolute Gasteiger partial charge is 0.390 e. The van der Waals surface area contributed by atoms with Crippen LogP contribution in [0.2, 0.25) is 0 Å². The third-order valence-corrected chi connectivity index (χ3v) is 4.73. The number of likely N-dealkylation sites (tertiary alicyclic amines) is 1. The maximum atomic E-state index is 9.63. The third kappa shape index (κ3) is 2.24. The summed E-state index contributed by atoms with van der Waals surface area (Å²) in [7, 11) is 4.26. The van der Waals surface area contributed by atoms with Crippen LogP contribution in [0.5, 0.6) is 0 Å². The van der Waals surface area contributed by atoms with Crippen molar-refractivity contribution in [3.05, 3.63) is 17.3 Å². The van der Waals surface area contributed by atoms with Crippen molar-refractivity contribution in [1.82, 2.24) is 14.3 Å². The number of likely N-dealkylation sites (N-methyl/N-ethyl adjacent to an activating group) is 2. The molecular formula is C13H20N4OS. The van der Waals surface area contributed by atoms with Crippen molar-refractivity contribution in [2.24, 2.45) is 0 Å². The molecule has 2 aromatic heterocycles. The molecule has 3 rings (SSSR count). The molecule has 0 aliphatic carbocycles. The number of anilines is 1. The minimum atomic E-state index is 0.0279. The molecule has 1 fully saturated rings. The molecule has 0 amide bonds. The lowest BCUT2D eigenvalue weighted by molar-refractivity contribution is 0.246. The van der Waals surface area contributed by atoms with Gasteiger partial charge < -0.3 is 14.9 Å². The predicted octanol–water partition coefficient (Wildman–Crippen LogP) is 1.42. The van der Waals surface area contributed by atoms with Crippen LogP contribution in [0.15, 0.2) is 11.6 Å². The Labute approximate surface area is 117 Å². The molecule has 19 heavy (non-hydrogen) atoms. The van der Waals surface area contributed by atoms with Crippen molar-refractivity contribution in [3.8, 4) is 0 Å². The molecule has 0 saturated carbocycles. The summed E-state index contributed by atoms with van der Waals surface area (Å²) >= 11 is 1.61. The smallest absolute Gasteiger partial charge is 0.195 e. The van der Waals surface area contributed by atoms with Crippen LogP contribution in [0.1, 0.15) is 18.5 Å². The number of piperidine rings is 1. The summed E-state index contributed by atoms with van der Waals surface area (Å²) in [6.45, 7) is 2.27. The average molecular weight is 280 g/mol. The zero-order chi connectivity index (χ0) is 13.4. The second-order valence-corrected chi connectivity index (χ2v) is 6.14. The van der Waals surface area contributed by atoms with Crippen LogP contribution >= 0.6 is 11.3 Å². The molecule has 0 spiro atoms. The topological polar surface area (TPSA) is 44.0 Å². The first-order chi connectivity index (χ1) is 9.20. The molecule has 1 N–H and O–H groups in total. The van der Waals surface area contributed by atoms with Crippen molar-refractivity contribution in [1.29, 1.82) is 0 Å². The standard InChI is InChI=1S/C13H20N4OS/c1-15-5-3-4-10(8-15)16(2)12-11(9-18)17-6-7-19-13(17)14-12/h6-7,10,18H,3-5,8-9H2,1-2H3. The number of hydrogen-bond acceptors (Lipinski definition) is 5. The number of nitrogens with zero attached hydrogens (tertiary/aromatic N) is 4. The summed E-state index contributed by atoms with van der Waals surface area (Å²) in [6.07, 6.45) is 4.39. The monoisotopic (exact) mass is 280 g/mol. The molecule has 1 aliphatic heterocycles. The van der Waals surface area contributed by atoms with E-state index in [9.17, 15) is 5.11 Å². The fraction of sp³-hybridized carbons (Fsp3) is 0.615. The summed E-state index contributed by atoms with van der Waals surface area (Å²) < 4.78 is 1.99. The molecule has 1 unspecified atom stereocenters. The van der Waals surface area contributed by atoms with Gasteiger partial charge in [-0.25, -0.2) is 4.98 Å². The van der Waals surface area contributed by atoms with E-state index in [1.54, 1.807) is 11.3 Å². The quantitative estimate of drug-likeness (QED) is 0.923. The second kappa shape index (κ2) is 5.11. The van der Waals surface area contributed by atoms with Crippen molar-refractivity contribution in [2.45, 2.75) is 25.5 Å². The van der Waals surface area contributed by atoms with Crippen LogP contribution in [0, 0.1) is 0 Å². The van der Waals surface area contributed by atoms with Gasteiger partial charge in [-0.3, -0.25) is 4.40 Å². The summed E-state index contributed by atoms with van der Waals surface area (Å²) in [5.41, 5.74) is 0.895. The number of aliphatic hydroxyl groups is 1. The summed E-state index contributed by atoms with van der Waals surface area (Å²) in [5, 5.41) is 11.6. The van der Waals surface area contributed by atoms with Gasteiger partial charge in [0.25, 0.3) is 0 Å². The highest BCUT2D eigenvalue weighted by Gasteiger charge is 2.25. The lowest BCUT2D eigenvalue weighted by Gasteiger charge is -2.36. The summed E-state index contributed by atoms with van der Waals surface area (Å²) in [6, 6.07) is 0.480. The number of rotatable bonds is 3. The molecule has 0 aromatic carbocycles. The van der Waals surface area contributed by atoms with Crippen molar-refractivity contribution >= 4 is 22.1 Å². The van der Waals surface area contributed by atoms with Gasteiger partial charge in [-0.05, 0) is 26.4 Å². The van der Waals surface area contributed by atoms with Crippen LogP contribution in [0.25, 0.3) is 4.96 Å². The first-order valence-electron chi connectivity index (χ1n) is 6.67. The van der Waals surface area contributed by atoms with E-state index in [1.165, 1.54) is 19.4 Å². The van der Waals surface area contributed by atoms with E-state index in [0.717, 1.165) is 23.0 Å². The number of aliphatic hydroxyl groups excluding tert-OH is 1. The maximum absolute atomic E-state index is 9.63. The first kappa shape index (κ1) is 12.9. The van der Waals surface area contributed by atoms with E-state index >= 15 is 0 Å². The third-order valence-electron chi connectivity index (χ3n) is 3.97. The Balaban J connectivity index is 1.91. The van der Waals surface area contributed by atoms with Gasteiger partial charge in [-0.2, -0.15) is 0 Å². The van der Waals surface area contributed by atoms with Gasteiger partial charge in [0.15, 0.2) is 10.8 Å². The highest BCUT2D eigenvalue weighted by atomic mass is 32.1. The molecule has 3 heterocycles. The number of aromatic nitrogens is 2. The number of fused-ring (bicyclic) bond motifs is 1. The Kier molecular flexibility index (Phi) is 3.47. The van der Waals surface area contributed by atoms with Crippen LogP contribution in [0.4, 0.5) is 5.82 Å². The molecule has 1 aliphatic rings. The van der Waals surface area contributed by atoms with Gasteiger partial charge in [0, 0.05) is 31.2 Å². The molecule has 6 heteroatoms. The molecule has 1 atom stereocenters. The van der Waals surface area contributed by atoms with Crippen LogP contribution in [0.3, 0.4) is 0 Å². The lowest BCUT2D eigenvalue weighted by Crippen LogP contribution is -2.45. The van der Waals surface area contributed by atoms with E-state index in [-0.39, 0.29) is 6.61 Å². The second-order valence-electron chi connectivity index (χ2n) is 5.27. The minimum Gasteiger partial charge on any atom is -0.390 e. The summed E-state index contributed by atoms with van der Waals surface area (Å²) in [5.74, 6) is 0.926. The molecule has 0 radical (unpaired) electrons. The van der Waals surface area contributed by atoms with Crippen molar-refractivity contribution in [2.75, 3.05) is 32.1 Å². The van der Waals surface area contributed by atoms with Gasteiger partial charge in [-0.1, -0.05) is 0 Å². The predicted molar refractivity (Wildman–Crippen MR) is 77.9 cm³/mol. The summed E-state index contributed by atoms with van der Waals surface area (Å²) in [4.78, 5) is 10.2. The Morgan fingerprint density at radius 3 is 3.16 bits per heavy atom. The van der Waals surface area contributed by atoms with E-state index < -0.39 is 0 Å². The Bertz CT molecular complexity index is 564. The van der Waals surface area contributed by atoms with E-state index in [1.807, 2.05) is 16.0 Å². The molecular weight excluding hydrogens is 260 g/mol. The molecule has 1 saturated heterocycles. The van der Waals surface area contributed by atoms with Crippen molar-refractivity contribution < 1.29 is 5.11 Å². The molecule has 0 bridgehead atoms. The number of imidazole rings is 1. The lowest BCUT2D eigenvalue weighted by atomic mass is 10.1. The number of thiazole rings is 1. The van der Waals surface area contributed by atoms with Gasteiger partial charge in [0.1, 0.15) is 0 Å². The van der Waals surface area contributed by atoms with Gasteiger partial charge in [0.05, 0.1) is 12.3 Å². The van der Waals surface area contributed by atoms with Crippen LogP contribution in [-0.4, -0.2) is 52.6 Å². The Morgan fingerprint density at radius 1 is 1.58 bits per heavy atom. The zero-order valence-electron chi connectivity index (χ0n) is 11.4. The minimum absolute atomic E-state index is 0.0279. The Morgan fingerprint density at radius 2 is 2.42 bits per heavy atom. The van der Waals surface area contributed by atoms with Gasteiger partial charge >= 0.3 is 0 Å². The maximum Gasteiger partial charge on any atom is 0.195 e. The molecule has 2 aromatic rings. The van der Waals surface area contributed by atoms with Crippen molar-refractivity contribution in [3.63, 3.8) is 0 Å². The van der Waals surface area contributed by atoms with E-state index in [0.29, 0.717) is 6.04 Å².